The van der Waals surface area contributed by atoms with Gasteiger partial charge >= 0.3 is 0 Å². The second-order valence-electron chi connectivity index (χ2n) is 7.11. The Morgan fingerprint density at radius 2 is 2.18 bits per heavy atom. The molecular formula is C19H23NO2. The normalized spacial score (nSPS) is 34.6. The van der Waals surface area contributed by atoms with E-state index in [1.807, 2.05) is 12.1 Å². The lowest BCUT2D eigenvalue weighted by molar-refractivity contribution is 0.198. The highest BCUT2D eigenvalue weighted by Crippen LogP contribution is 2.58. The van der Waals surface area contributed by atoms with Crippen molar-refractivity contribution in [3.8, 4) is 5.75 Å². The Morgan fingerprint density at radius 3 is 3.00 bits per heavy atom. The summed E-state index contributed by atoms with van der Waals surface area (Å²) in [5.41, 5.74) is 5.74. The number of aromatic hydroxyl groups is 1. The molecule has 116 valence electrons. The molecule has 1 N–H and O–H groups in total. The molecular weight excluding hydrogens is 274 g/mol. The first-order valence-corrected chi connectivity index (χ1v) is 8.25. The molecule has 2 saturated carbocycles. The maximum atomic E-state index is 9.72. The average Bonchev–Trinajstić information content (AvgIpc) is 2.84. The third-order valence-corrected chi connectivity index (χ3v) is 6.12. The number of benzene rings is 1. The molecule has 1 aromatic rings. The minimum atomic E-state index is 0.173. The lowest BCUT2D eigenvalue weighted by atomic mass is 9.60. The molecule has 3 nitrogen and oxygen atoms in total. The molecule has 0 amide bonds. The lowest BCUT2D eigenvalue weighted by Gasteiger charge is -2.44. The summed E-state index contributed by atoms with van der Waals surface area (Å²) in [5.74, 6) is 1.51. The van der Waals surface area contributed by atoms with E-state index in [2.05, 4.69) is 24.2 Å². The van der Waals surface area contributed by atoms with Gasteiger partial charge in [0.25, 0.3) is 0 Å². The topological polar surface area (TPSA) is 41.8 Å². The van der Waals surface area contributed by atoms with Crippen molar-refractivity contribution in [1.29, 1.82) is 0 Å². The van der Waals surface area contributed by atoms with Crippen LogP contribution < -0.4 is 0 Å². The van der Waals surface area contributed by atoms with E-state index in [1.54, 1.807) is 12.7 Å². The molecule has 3 heteroatoms. The SMILES string of the molecule is CO/N=C1\CC[C@H]2C3=CCc4cc(O)ccc4[C@H]3CC[C@]12C. The minimum absolute atomic E-state index is 0.173. The molecule has 0 unspecified atom stereocenters. The summed E-state index contributed by atoms with van der Waals surface area (Å²) in [6.07, 6.45) is 7.95. The number of hydrogen-bond donors (Lipinski definition) is 1. The highest BCUT2D eigenvalue weighted by molar-refractivity contribution is 5.92. The summed E-state index contributed by atoms with van der Waals surface area (Å²) in [6, 6.07) is 5.90. The van der Waals surface area contributed by atoms with Crippen molar-refractivity contribution in [1.82, 2.24) is 0 Å². The molecule has 3 aliphatic rings. The van der Waals surface area contributed by atoms with Crippen LogP contribution in [0.25, 0.3) is 0 Å². The standard InChI is InChI=1S/C19H23NO2/c1-19-10-9-15-14-6-4-13(21)11-12(14)3-5-16(15)17(19)7-8-18(19)20-22-2/h4-6,11,15,17,21H,3,7-10H2,1-2H3/b20-18+/t15-,17+,19+/m1/s1. The number of fused-ring (bicyclic) bond motifs is 5. The van der Waals surface area contributed by atoms with E-state index in [1.165, 1.54) is 36.1 Å². The van der Waals surface area contributed by atoms with Gasteiger partial charge in [-0.3, -0.25) is 0 Å². The highest BCUT2D eigenvalue weighted by atomic mass is 16.6. The summed E-state index contributed by atoms with van der Waals surface area (Å²) in [6.45, 7) is 2.37. The fourth-order valence-corrected chi connectivity index (χ4v) is 5.01. The number of oxime groups is 1. The quantitative estimate of drug-likeness (QED) is 0.624. The number of phenols is 1. The summed E-state index contributed by atoms with van der Waals surface area (Å²) >= 11 is 0. The van der Waals surface area contributed by atoms with Gasteiger partial charge in [-0.1, -0.05) is 29.8 Å². The van der Waals surface area contributed by atoms with Gasteiger partial charge in [0.15, 0.2) is 0 Å². The molecule has 3 aliphatic carbocycles. The van der Waals surface area contributed by atoms with Crippen molar-refractivity contribution in [2.24, 2.45) is 16.5 Å². The summed E-state index contributed by atoms with van der Waals surface area (Å²) in [7, 11) is 1.65. The highest BCUT2D eigenvalue weighted by Gasteiger charge is 2.51. The van der Waals surface area contributed by atoms with E-state index >= 15 is 0 Å². The summed E-state index contributed by atoms with van der Waals surface area (Å²) in [4.78, 5) is 5.09. The Hall–Kier alpha value is -1.77. The van der Waals surface area contributed by atoms with E-state index < -0.39 is 0 Å². The van der Waals surface area contributed by atoms with Crippen molar-refractivity contribution in [2.45, 2.75) is 44.9 Å². The van der Waals surface area contributed by atoms with Crippen LogP contribution in [0.3, 0.4) is 0 Å². The van der Waals surface area contributed by atoms with Crippen molar-refractivity contribution in [2.75, 3.05) is 7.11 Å². The molecule has 0 aliphatic heterocycles. The third kappa shape index (κ3) is 1.84. The zero-order chi connectivity index (χ0) is 15.3. The van der Waals surface area contributed by atoms with Crippen LogP contribution in [-0.2, 0) is 11.3 Å². The van der Waals surface area contributed by atoms with Gasteiger partial charge in [-0.25, -0.2) is 0 Å². The van der Waals surface area contributed by atoms with E-state index in [9.17, 15) is 5.11 Å². The Kier molecular flexibility index (Phi) is 3.07. The second kappa shape index (κ2) is 4.87. The molecule has 3 atom stereocenters. The van der Waals surface area contributed by atoms with Crippen LogP contribution in [0, 0.1) is 11.3 Å². The zero-order valence-corrected chi connectivity index (χ0v) is 13.3. The van der Waals surface area contributed by atoms with Gasteiger partial charge in [-0.15, -0.1) is 0 Å². The van der Waals surface area contributed by atoms with Crippen molar-refractivity contribution in [3.05, 3.63) is 41.0 Å². The number of allylic oxidation sites excluding steroid dienone is 2. The largest absolute Gasteiger partial charge is 0.508 e. The molecule has 22 heavy (non-hydrogen) atoms. The second-order valence-corrected chi connectivity index (χ2v) is 7.11. The molecule has 0 heterocycles. The van der Waals surface area contributed by atoms with Gasteiger partial charge < -0.3 is 9.94 Å². The predicted molar refractivity (Wildman–Crippen MR) is 87.1 cm³/mol. The Labute approximate surface area is 131 Å². The molecule has 0 saturated heterocycles. The number of hydrogen-bond acceptors (Lipinski definition) is 3. The first kappa shape index (κ1) is 13.9. The van der Waals surface area contributed by atoms with E-state index in [0.29, 0.717) is 17.6 Å². The Balaban J connectivity index is 1.73. The first-order chi connectivity index (χ1) is 10.6. The van der Waals surface area contributed by atoms with Crippen molar-refractivity contribution >= 4 is 5.71 Å². The van der Waals surface area contributed by atoms with Gasteiger partial charge in [0.05, 0.1) is 5.71 Å². The summed E-state index contributed by atoms with van der Waals surface area (Å²) < 4.78 is 0. The van der Waals surface area contributed by atoms with Gasteiger partial charge in [0.2, 0.25) is 0 Å². The van der Waals surface area contributed by atoms with Gasteiger partial charge in [0.1, 0.15) is 12.9 Å². The van der Waals surface area contributed by atoms with Crippen LogP contribution in [0.2, 0.25) is 0 Å². The van der Waals surface area contributed by atoms with E-state index in [4.69, 9.17) is 4.84 Å². The number of nitrogens with zero attached hydrogens (tertiary/aromatic N) is 1. The minimum Gasteiger partial charge on any atom is -0.508 e. The van der Waals surface area contributed by atoms with Crippen LogP contribution in [-0.4, -0.2) is 17.9 Å². The van der Waals surface area contributed by atoms with Crippen LogP contribution in [0.4, 0.5) is 0 Å². The van der Waals surface area contributed by atoms with E-state index in [0.717, 1.165) is 12.8 Å². The lowest BCUT2D eigenvalue weighted by Crippen LogP contribution is -2.37. The maximum Gasteiger partial charge on any atom is 0.115 e. The Bertz CT molecular complexity index is 676. The molecule has 0 aromatic heterocycles. The molecule has 2 fully saturated rings. The molecule has 4 rings (SSSR count). The van der Waals surface area contributed by atoms with Gasteiger partial charge in [0, 0.05) is 11.3 Å². The smallest absolute Gasteiger partial charge is 0.115 e. The Morgan fingerprint density at radius 1 is 1.32 bits per heavy atom. The van der Waals surface area contributed by atoms with E-state index in [-0.39, 0.29) is 5.41 Å². The van der Waals surface area contributed by atoms with Gasteiger partial charge in [-0.2, -0.15) is 0 Å². The van der Waals surface area contributed by atoms with Crippen molar-refractivity contribution < 1.29 is 9.94 Å². The fourth-order valence-electron chi connectivity index (χ4n) is 5.01. The molecule has 0 spiro atoms. The maximum absolute atomic E-state index is 9.72. The predicted octanol–water partition coefficient (Wildman–Crippen LogP) is 4.17. The zero-order valence-electron chi connectivity index (χ0n) is 13.3. The van der Waals surface area contributed by atoms with Crippen molar-refractivity contribution in [3.63, 3.8) is 0 Å². The van der Waals surface area contributed by atoms with Crippen LogP contribution in [0.5, 0.6) is 5.75 Å². The number of phenolic OH excluding ortho intramolecular Hbond substituents is 1. The monoisotopic (exact) mass is 297 g/mol. The van der Waals surface area contributed by atoms with Crippen LogP contribution >= 0.6 is 0 Å². The fraction of sp³-hybridized carbons (Fsp3) is 0.526. The third-order valence-electron chi connectivity index (χ3n) is 6.12. The number of rotatable bonds is 1. The molecule has 0 bridgehead atoms. The van der Waals surface area contributed by atoms with Gasteiger partial charge in [-0.05, 0) is 61.3 Å². The molecule has 0 radical (unpaired) electrons. The van der Waals surface area contributed by atoms with Crippen LogP contribution in [0.15, 0.2) is 35.0 Å². The molecule has 1 aromatic carbocycles. The van der Waals surface area contributed by atoms with Crippen LogP contribution in [0.1, 0.15) is 49.7 Å². The summed E-state index contributed by atoms with van der Waals surface area (Å²) in [5, 5.41) is 14.0. The average molecular weight is 297 g/mol. The first-order valence-electron chi connectivity index (χ1n) is 8.25.